The fraction of sp³-hybridized carbons (Fsp3) is 0.350. The minimum absolute atomic E-state index is 0.119. The van der Waals surface area contributed by atoms with Crippen molar-refractivity contribution in [3.05, 3.63) is 58.1 Å². The van der Waals surface area contributed by atoms with Crippen LogP contribution in [0.4, 0.5) is 11.4 Å². The Balaban J connectivity index is 2.05. The van der Waals surface area contributed by atoms with E-state index in [0.29, 0.717) is 18.9 Å². The second kappa shape index (κ2) is 9.70. The number of nitrogens with zero attached hydrogens (tertiary/aromatic N) is 2. The number of benzene rings is 2. The number of non-ortho nitro benzene ring substituents is 1. The third kappa shape index (κ3) is 5.43. The number of carbonyl (C=O) groups excluding carboxylic acids is 1. The van der Waals surface area contributed by atoms with E-state index in [1.807, 2.05) is 43.1 Å². The Bertz CT molecular complexity index is 823. The molecule has 0 aliphatic carbocycles. The van der Waals surface area contributed by atoms with Crippen LogP contribution in [-0.2, 0) is 11.3 Å². The van der Waals surface area contributed by atoms with Crippen LogP contribution in [0.15, 0.2) is 42.5 Å². The second-order valence-corrected chi connectivity index (χ2v) is 6.30. The van der Waals surface area contributed by atoms with Gasteiger partial charge in [0.15, 0.2) is 0 Å². The molecule has 2 aromatic rings. The van der Waals surface area contributed by atoms with E-state index >= 15 is 0 Å². The minimum Gasteiger partial charge on any atom is -0.495 e. The highest BCUT2D eigenvalue weighted by molar-refractivity contribution is 5.96. The molecule has 0 unspecified atom stereocenters. The van der Waals surface area contributed by atoms with Crippen LogP contribution in [0.5, 0.6) is 11.5 Å². The topological polar surface area (TPSA) is 93.9 Å². The molecule has 28 heavy (non-hydrogen) atoms. The smallest absolute Gasteiger partial charge is 0.271 e. The maximum atomic E-state index is 12.6. The van der Waals surface area contributed by atoms with Gasteiger partial charge < -0.3 is 14.8 Å². The van der Waals surface area contributed by atoms with Gasteiger partial charge in [-0.05, 0) is 44.7 Å². The molecule has 0 radical (unpaired) electrons. The van der Waals surface area contributed by atoms with Gasteiger partial charge in [-0.2, -0.15) is 0 Å². The molecule has 150 valence electrons. The number of carbonyl (C=O) groups is 1. The van der Waals surface area contributed by atoms with Gasteiger partial charge in [0.05, 0.1) is 30.4 Å². The number of ether oxygens (including phenoxy) is 2. The first-order chi connectivity index (χ1) is 13.3. The van der Waals surface area contributed by atoms with Gasteiger partial charge in [0.1, 0.15) is 11.5 Å². The molecular formula is C20H25N3O5. The van der Waals surface area contributed by atoms with Gasteiger partial charge in [0.2, 0.25) is 5.91 Å². The van der Waals surface area contributed by atoms with Crippen LogP contribution in [0, 0.1) is 10.1 Å². The number of nitro benzene ring substituents is 1. The number of likely N-dealkylation sites (N-methyl/N-ethyl adjacent to an activating group) is 1. The van der Waals surface area contributed by atoms with Crippen molar-refractivity contribution in [2.45, 2.75) is 26.4 Å². The first kappa shape index (κ1) is 21.2. The predicted octanol–water partition coefficient (Wildman–Crippen LogP) is 3.46. The number of hydrogen-bond acceptors (Lipinski definition) is 6. The molecule has 0 aliphatic heterocycles. The van der Waals surface area contributed by atoms with Crippen LogP contribution in [0.25, 0.3) is 0 Å². The standard InChI is InChI=1S/C20H25N3O5/c1-5-28-17-9-6-15(7-10-17)13-22(3)14(2)20(24)21-18-12-16(23(25)26)8-11-19(18)27-4/h6-12,14H,5,13H2,1-4H3,(H,21,24)/t14-/m0/s1. The van der Waals surface area contributed by atoms with Crippen molar-refractivity contribution in [1.29, 1.82) is 0 Å². The van der Waals surface area contributed by atoms with Crippen molar-refractivity contribution in [3.8, 4) is 11.5 Å². The average molecular weight is 387 g/mol. The van der Waals surface area contributed by atoms with E-state index in [4.69, 9.17) is 9.47 Å². The number of nitro groups is 1. The lowest BCUT2D eigenvalue weighted by Crippen LogP contribution is -2.39. The molecular weight excluding hydrogens is 362 g/mol. The summed E-state index contributed by atoms with van der Waals surface area (Å²) in [6.45, 7) is 4.87. The molecule has 1 N–H and O–H groups in total. The van der Waals surface area contributed by atoms with E-state index in [1.54, 1.807) is 6.92 Å². The maximum Gasteiger partial charge on any atom is 0.271 e. The fourth-order valence-corrected chi connectivity index (χ4v) is 2.63. The fourth-order valence-electron chi connectivity index (χ4n) is 2.63. The van der Waals surface area contributed by atoms with Crippen LogP contribution in [-0.4, -0.2) is 42.5 Å². The van der Waals surface area contributed by atoms with Crippen LogP contribution in [0.2, 0.25) is 0 Å². The molecule has 0 heterocycles. The molecule has 1 amide bonds. The van der Waals surface area contributed by atoms with E-state index in [1.165, 1.54) is 25.3 Å². The Morgan fingerprint density at radius 1 is 1.25 bits per heavy atom. The number of anilines is 1. The van der Waals surface area contributed by atoms with E-state index in [-0.39, 0.29) is 17.3 Å². The summed E-state index contributed by atoms with van der Waals surface area (Å²) in [5.41, 5.74) is 1.19. The lowest BCUT2D eigenvalue weighted by atomic mass is 10.1. The molecule has 0 saturated carbocycles. The first-order valence-corrected chi connectivity index (χ1v) is 8.91. The Morgan fingerprint density at radius 3 is 2.50 bits per heavy atom. The van der Waals surface area contributed by atoms with Crippen molar-refractivity contribution >= 4 is 17.3 Å². The number of rotatable bonds is 9. The third-order valence-electron chi connectivity index (χ3n) is 4.36. The monoisotopic (exact) mass is 387 g/mol. The molecule has 0 aromatic heterocycles. The zero-order chi connectivity index (χ0) is 20.7. The molecule has 2 aromatic carbocycles. The van der Waals surface area contributed by atoms with Gasteiger partial charge in [0.25, 0.3) is 5.69 Å². The van der Waals surface area contributed by atoms with E-state index < -0.39 is 11.0 Å². The third-order valence-corrected chi connectivity index (χ3v) is 4.36. The quantitative estimate of drug-likeness (QED) is 0.523. The zero-order valence-corrected chi connectivity index (χ0v) is 16.5. The van der Waals surface area contributed by atoms with Crippen LogP contribution < -0.4 is 14.8 Å². The summed E-state index contributed by atoms with van der Waals surface area (Å²) in [7, 11) is 3.28. The SMILES string of the molecule is CCOc1ccc(CN(C)[C@@H](C)C(=O)Nc2cc([N+](=O)[O-])ccc2OC)cc1. The van der Waals surface area contributed by atoms with Gasteiger partial charge in [0, 0.05) is 18.7 Å². The maximum absolute atomic E-state index is 12.6. The van der Waals surface area contributed by atoms with Gasteiger partial charge in [-0.15, -0.1) is 0 Å². The summed E-state index contributed by atoms with van der Waals surface area (Å²) in [4.78, 5) is 25.0. The molecule has 1 atom stereocenters. The normalized spacial score (nSPS) is 11.8. The molecule has 0 fully saturated rings. The highest BCUT2D eigenvalue weighted by Gasteiger charge is 2.21. The van der Waals surface area contributed by atoms with Crippen molar-refractivity contribution in [2.24, 2.45) is 0 Å². The van der Waals surface area contributed by atoms with Crippen molar-refractivity contribution in [1.82, 2.24) is 4.90 Å². The summed E-state index contributed by atoms with van der Waals surface area (Å²) in [5.74, 6) is 0.880. The van der Waals surface area contributed by atoms with Crippen LogP contribution in [0.3, 0.4) is 0 Å². The average Bonchev–Trinajstić information content (AvgIpc) is 2.68. The van der Waals surface area contributed by atoms with Gasteiger partial charge in [-0.25, -0.2) is 0 Å². The summed E-state index contributed by atoms with van der Waals surface area (Å²) < 4.78 is 10.6. The van der Waals surface area contributed by atoms with Crippen molar-refractivity contribution in [2.75, 3.05) is 26.1 Å². The number of nitrogens with one attached hydrogen (secondary N) is 1. The van der Waals surface area contributed by atoms with Crippen molar-refractivity contribution < 1.29 is 19.2 Å². The van der Waals surface area contributed by atoms with Crippen LogP contribution >= 0.6 is 0 Å². The molecule has 8 nitrogen and oxygen atoms in total. The Labute approximate surface area is 164 Å². The van der Waals surface area contributed by atoms with E-state index in [0.717, 1.165) is 11.3 Å². The first-order valence-electron chi connectivity index (χ1n) is 8.91. The van der Waals surface area contributed by atoms with E-state index in [2.05, 4.69) is 5.32 Å². The molecule has 0 saturated heterocycles. The molecule has 0 bridgehead atoms. The van der Waals surface area contributed by atoms with Crippen LogP contribution in [0.1, 0.15) is 19.4 Å². The summed E-state index contributed by atoms with van der Waals surface area (Å²) in [6.07, 6.45) is 0. The van der Waals surface area contributed by atoms with E-state index in [9.17, 15) is 14.9 Å². The largest absolute Gasteiger partial charge is 0.495 e. The number of methoxy groups -OCH3 is 1. The summed E-state index contributed by atoms with van der Waals surface area (Å²) in [5, 5.41) is 13.7. The highest BCUT2D eigenvalue weighted by Crippen LogP contribution is 2.29. The minimum atomic E-state index is -0.517. The van der Waals surface area contributed by atoms with Gasteiger partial charge in [-0.1, -0.05) is 12.1 Å². The Hall–Kier alpha value is -3.13. The summed E-state index contributed by atoms with van der Waals surface area (Å²) >= 11 is 0. The van der Waals surface area contributed by atoms with Gasteiger partial charge >= 0.3 is 0 Å². The lowest BCUT2D eigenvalue weighted by molar-refractivity contribution is -0.384. The predicted molar refractivity (Wildman–Crippen MR) is 107 cm³/mol. The summed E-state index contributed by atoms with van der Waals surface area (Å²) in [6, 6.07) is 11.3. The lowest BCUT2D eigenvalue weighted by Gasteiger charge is -2.24. The number of hydrogen-bond donors (Lipinski definition) is 1. The molecule has 0 aliphatic rings. The molecule has 2 rings (SSSR count). The highest BCUT2D eigenvalue weighted by atomic mass is 16.6. The Morgan fingerprint density at radius 2 is 1.93 bits per heavy atom. The zero-order valence-electron chi connectivity index (χ0n) is 16.5. The second-order valence-electron chi connectivity index (χ2n) is 6.30. The van der Waals surface area contributed by atoms with Crippen molar-refractivity contribution in [3.63, 3.8) is 0 Å². The molecule has 0 spiro atoms. The Kier molecular flexibility index (Phi) is 7.34. The van der Waals surface area contributed by atoms with Gasteiger partial charge in [-0.3, -0.25) is 19.8 Å². The number of amides is 1. The molecule has 8 heteroatoms.